The Kier molecular flexibility index (Phi) is 6.43. The average molecular weight is 402 g/mol. The zero-order valence-electron chi connectivity index (χ0n) is 15.4. The third kappa shape index (κ3) is 4.24. The largest absolute Gasteiger partial charge is 0.319 e. The lowest BCUT2D eigenvalue weighted by Gasteiger charge is -2.35. The fraction of sp³-hybridized carbons (Fsp3) is 0.667. The molecule has 2 atom stereocenters. The fourth-order valence-corrected chi connectivity index (χ4v) is 6.21. The average Bonchev–Trinajstić information content (AvgIpc) is 3.19. The van der Waals surface area contributed by atoms with E-state index >= 15 is 0 Å². The summed E-state index contributed by atoms with van der Waals surface area (Å²) >= 11 is 1.50. The van der Waals surface area contributed by atoms with E-state index in [1.165, 1.54) is 11.3 Å². The van der Waals surface area contributed by atoms with Crippen LogP contribution >= 0.6 is 11.3 Å². The van der Waals surface area contributed by atoms with Gasteiger partial charge in [-0.3, -0.25) is 14.1 Å². The van der Waals surface area contributed by atoms with Crippen molar-refractivity contribution >= 4 is 33.0 Å². The van der Waals surface area contributed by atoms with Gasteiger partial charge in [0.2, 0.25) is 0 Å². The van der Waals surface area contributed by atoms with Crippen molar-refractivity contribution in [2.24, 2.45) is 16.7 Å². The Balaban J connectivity index is 0.000000197. The van der Waals surface area contributed by atoms with Crippen molar-refractivity contribution in [1.29, 1.82) is 0 Å². The summed E-state index contributed by atoms with van der Waals surface area (Å²) in [6.07, 6.45) is 2.57. The van der Waals surface area contributed by atoms with Gasteiger partial charge >= 0.3 is 0 Å². The lowest BCUT2D eigenvalue weighted by molar-refractivity contribution is -0.128. The molecular formula is C18H27NO5S2. The number of ketones is 2. The van der Waals surface area contributed by atoms with Crippen molar-refractivity contribution in [2.45, 2.75) is 39.5 Å². The SMILES string of the molecule is CC1(C)C2CC[C@@]1(CS(=O)(=O)O)C(=O)C2.CNCCC(=O)c1cccs1. The Morgan fingerprint density at radius 3 is 2.54 bits per heavy atom. The molecule has 2 aliphatic carbocycles. The first-order valence-corrected chi connectivity index (χ1v) is 11.2. The van der Waals surface area contributed by atoms with Crippen molar-refractivity contribution < 1.29 is 22.6 Å². The summed E-state index contributed by atoms with van der Waals surface area (Å²) in [6.45, 7) is 4.65. The van der Waals surface area contributed by atoms with E-state index in [1.54, 1.807) is 0 Å². The molecule has 0 saturated heterocycles. The van der Waals surface area contributed by atoms with E-state index in [0.717, 1.165) is 17.8 Å². The molecular weight excluding hydrogens is 374 g/mol. The molecule has 26 heavy (non-hydrogen) atoms. The third-order valence-electron chi connectivity index (χ3n) is 5.97. The Labute approximate surface area is 159 Å². The van der Waals surface area contributed by atoms with Gasteiger partial charge in [0.05, 0.1) is 16.0 Å². The topological polar surface area (TPSA) is 101 Å². The number of hydrogen-bond donors (Lipinski definition) is 2. The molecule has 1 unspecified atom stereocenters. The van der Waals surface area contributed by atoms with Crippen LogP contribution in [0.15, 0.2) is 17.5 Å². The second-order valence-electron chi connectivity index (χ2n) is 7.65. The predicted octanol–water partition coefficient (Wildman–Crippen LogP) is 2.81. The van der Waals surface area contributed by atoms with Gasteiger partial charge in [0, 0.05) is 19.4 Å². The van der Waals surface area contributed by atoms with Crippen LogP contribution in [0.5, 0.6) is 0 Å². The Morgan fingerprint density at radius 2 is 2.12 bits per heavy atom. The van der Waals surface area contributed by atoms with Crippen LogP contribution < -0.4 is 5.32 Å². The summed E-state index contributed by atoms with van der Waals surface area (Å²) in [4.78, 5) is 24.0. The van der Waals surface area contributed by atoms with Crippen LogP contribution in [-0.2, 0) is 14.9 Å². The minimum atomic E-state index is -4.08. The van der Waals surface area contributed by atoms with Gasteiger partial charge in [-0.05, 0) is 42.7 Å². The van der Waals surface area contributed by atoms with E-state index in [1.807, 2.05) is 38.4 Å². The van der Waals surface area contributed by atoms with E-state index in [2.05, 4.69) is 5.32 Å². The number of nitrogens with one attached hydrogen (secondary N) is 1. The van der Waals surface area contributed by atoms with Gasteiger partial charge in [-0.1, -0.05) is 19.9 Å². The molecule has 0 spiro atoms. The predicted molar refractivity (Wildman–Crippen MR) is 102 cm³/mol. The summed E-state index contributed by atoms with van der Waals surface area (Å²) < 4.78 is 31.0. The summed E-state index contributed by atoms with van der Waals surface area (Å²) in [6, 6.07) is 3.76. The van der Waals surface area contributed by atoms with Gasteiger partial charge in [0.25, 0.3) is 10.1 Å². The maximum absolute atomic E-state index is 11.9. The molecule has 0 aliphatic heterocycles. The van der Waals surface area contributed by atoms with E-state index in [0.29, 0.717) is 19.3 Å². The van der Waals surface area contributed by atoms with E-state index in [4.69, 9.17) is 4.55 Å². The molecule has 2 bridgehead atoms. The molecule has 2 N–H and O–H groups in total. The second-order valence-corrected chi connectivity index (χ2v) is 10.0. The number of fused-ring (bicyclic) bond motifs is 2. The highest BCUT2D eigenvalue weighted by Crippen LogP contribution is 2.64. The number of thiophene rings is 1. The molecule has 0 amide bonds. The molecule has 8 heteroatoms. The van der Waals surface area contributed by atoms with Crippen molar-refractivity contribution in [3.05, 3.63) is 22.4 Å². The molecule has 3 rings (SSSR count). The summed E-state index contributed by atoms with van der Waals surface area (Å²) in [5.41, 5.74) is -1.12. The van der Waals surface area contributed by atoms with Crippen molar-refractivity contribution in [3.8, 4) is 0 Å². The van der Waals surface area contributed by atoms with Crippen LogP contribution in [0.25, 0.3) is 0 Å². The van der Waals surface area contributed by atoms with Crippen molar-refractivity contribution in [3.63, 3.8) is 0 Å². The molecule has 2 fully saturated rings. The number of hydrogen-bond acceptors (Lipinski definition) is 6. The zero-order chi connectivity index (χ0) is 19.6. The third-order valence-corrected chi connectivity index (χ3v) is 7.73. The lowest BCUT2D eigenvalue weighted by atomic mass is 9.70. The number of rotatable bonds is 6. The van der Waals surface area contributed by atoms with Gasteiger partial charge in [-0.25, -0.2) is 0 Å². The van der Waals surface area contributed by atoms with Gasteiger partial charge in [-0.2, -0.15) is 8.42 Å². The first-order valence-electron chi connectivity index (χ1n) is 8.73. The summed E-state index contributed by atoms with van der Waals surface area (Å²) in [5, 5.41) is 4.87. The van der Waals surface area contributed by atoms with Crippen LogP contribution in [-0.4, -0.2) is 43.9 Å². The molecule has 2 saturated carbocycles. The molecule has 0 radical (unpaired) electrons. The zero-order valence-corrected chi connectivity index (χ0v) is 17.1. The molecule has 146 valence electrons. The Hall–Kier alpha value is -1.09. The van der Waals surface area contributed by atoms with Gasteiger partial charge in [0.1, 0.15) is 5.78 Å². The first-order chi connectivity index (χ1) is 12.0. The van der Waals surface area contributed by atoms with Crippen LogP contribution in [0, 0.1) is 16.7 Å². The van der Waals surface area contributed by atoms with Gasteiger partial charge in [0.15, 0.2) is 5.78 Å². The van der Waals surface area contributed by atoms with Crippen LogP contribution in [0.3, 0.4) is 0 Å². The number of carbonyl (C=O) groups excluding carboxylic acids is 2. The fourth-order valence-electron chi connectivity index (χ4n) is 4.22. The Bertz CT molecular complexity index is 755. The molecule has 1 heterocycles. The monoisotopic (exact) mass is 401 g/mol. The molecule has 2 aliphatic rings. The van der Waals surface area contributed by atoms with Crippen LogP contribution in [0.2, 0.25) is 0 Å². The maximum atomic E-state index is 11.9. The highest BCUT2D eigenvalue weighted by atomic mass is 32.2. The van der Waals surface area contributed by atoms with Crippen LogP contribution in [0.4, 0.5) is 0 Å². The minimum absolute atomic E-state index is 0.0152. The molecule has 1 aromatic rings. The molecule has 1 aromatic heterocycles. The maximum Gasteiger partial charge on any atom is 0.265 e. The van der Waals surface area contributed by atoms with E-state index in [9.17, 15) is 18.0 Å². The minimum Gasteiger partial charge on any atom is -0.319 e. The second kappa shape index (κ2) is 7.88. The standard InChI is InChI=1S/C10H16O4S.C8H11NOS/c1-9(2)7-3-4-10(9,8(11)5-7)6-15(12,13)14;1-9-5-4-7(10)8-3-2-6-11-8/h7H,3-6H2,1-2H3,(H,12,13,14);2-3,6,9H,4-5H2,1H3/t7?,10-;/m1./s1. The van der Waals surface area contributed by atoms with Crippen LogP contribution in [0.1, 0.15) is 49.2 Å². The van der Waals surface area contributed by atoms with Crippen molar-refractivity contribution in [2.75, 3.05) is 19.3 Å². The smallest absolute Gasteiger partial charge is 0.265 e. The number of Topliss-reactive ketones (excluding diaryl/α,β-unsaturated/α-hetero) is 2. The highest BCUT2D eigenvalue weighted by molar-refractivity contribution is 7.85. The van der Waals surface area contributed by atoms with Gasteiger partial charge in [-0.15, -0.1) is 11.3 Å². The van der Waals surface area contributed by atoms with E-state index < -0.39 is 21.3 Å². The summed E-state index contributed by atoms with van der Waals surface area (Å²) in [7, 11) is -2.23. The normalized spacial score (nSPS) is 26.5. The Morgan fingerprint density at radius 1 is 1.42 bits per heavy atom. The summed E-state index contributed by atoms with van der Waals surface area (Å²) in [5.74, 6) is 0.130. The number of carbonyl (C=O) groups is 2. The van der Waals surface area contributed by atoms with E-state index in [-0.39, 0.29) is 22.9 Å². The first kappa shape index (κ1) is 21.2. The van der Waals surface area contributed by atoms with Crippen molar-refractivity contribution in [1.82, 2.24) is 5.32 Å². The van der Waals surface area contributed by atoms with Gasteiger partial charge < -0.3 is 5.32 Å². The lowest BCUT2D eigenvalue weighted by Crippen LogP contribution is -2.42. The quantitative estimate of drug-likeness (QED) is 0.561. The highest BCUT2D eigenvalue weighted by Gasteiger charge is 2.65. The molecule has 6 nitrogen and oxygen atoms in total. The molecule has 0 aromatic carbocycles.